The normalized spacial score (nSPS) is 16.2. The second kappa shape index (κ2) is 23.0. The van der Waals surface area contributed by atoms with Crippen LogP contribution in [-0.4, -0.2) is 69.8 Å². The number of fused-ring (bicyclic) bond motifs is 2. The van der Waals surface area contributed by atoms with Crippen molar-refractivity contribution in [3.63, 3.8) is 0 Å². The van der Waals surface area contributed by atoms with E-state index in [0.29, 0.717) is 40.8 Å². The fourth-order valence-electron chi connectivity index (χ4n) is 7.80. The quantitative estimate of drug-likeness (QED) is 0.0526. The van der Waals surface area contributed by atoms with Crippen molar-refractivity contribution in [3.8, 4) is 0 Å². The number of furan rings is 2. The molecule has 2 aliphatic rings. The molecule has 6 heterocycles. The molecule has 3 aromatic carbocycles. The third-order valence-corrected chi connectivity index (χ3v) is 12.0. The molecule has 2 atom stereocenters. The van der Waals surface area contributed by atoms with Gasteiger partial charge in [0.25, 0.3) is 0 Å². The van der Waals surface area contributed by atoms with E-state index in [4.69, 9.17) is 25.4 Å². The van der Waals surface area contributed by atoms with E-state index in [1.165, 1.54) is 89.0 Å². The van der Waals surface area contributed by atoms with Gasteiger partial charge in [-0.1, -0.05) is 48.2 Å². The molecule has 13 heteroatoms. The molecule has 4 aromatic heterocycles. The van der Waals surface area contributed by atoms with E-state index in [9.17, 15) is 0 Å². The van der Waals surface area contributed by atoms with Crippen LogP contribution in [0.15, 0.2) is 125 Å². The molecule has 0 saturated carbocycles. The average Bonchev–Trinajstić information content (AvgIpc) is 4.08. The molecule has 0 bridgehead atoms. The highest BCUT2D eigenvalue weighted by Crippen LogP contribution is 2.28. The molecule has 2 aliphatic heterocycles. The van der Waals surface area contributed by atoms with Crippen LogP contribution in [0.1, 0.15) is 59.5 Å². The van der Waals surface area contributed by atoms with E-state index in [1.807, 2.05) is 36.4 Å². The predicted molar refractivity (Wildman–Crippen MR) is 257 cm³/mol. The second-order valence-corrected chi connectivity index (χ2v) is 16.0. The van der Waals surface area contributed by atoms with Crippen LogP contribution in [0.3, 0.4) is 0 Å². The molecule has 0 aliphatic carbocycles. The molecule has 59 heavy (non-hydrogen) atoms. The van der Waals surface area contributed by atoms with E-state index < -0.39 is 0 Å². The highest BCUT2D eigenvalue weighted by molar-refractivity contribution is 8.93. The smallest absolute Gasteiger partial charge is 0.158 e. The highest BCUT2D eigenvalue weighted by atomic mass is 79.9. The summed E-state index contributed by atoms with van der Waals surface area (Å²) in [5.74, 6) is 2.09. The summed E-state index contributed by atoms with van der Waals surface area (Å²) in [7, 11) is 4.45. The lowest BCUT2D eigenvalue weighted by atomic mass is 10.00. The van der Waals surface area contributed by atoms with Gasteiger partial charge in [0.1, 0.15) is 10.8 Å². The zero-order valence-electron chi connectivity index (χ0n) is 33.6. The number of nitrogens with zero attached hydrogens (tertiary/aromatic N) is 2. The van der Waals surface area contributed by atoms with Crippen LogP contribution in [0.2, 0.25) is 0 Å². The van der Waals surface area contributed by atoms with Crippen molar-refractivity contribution >= 4 is 91.8 Å². The summed E-state index contributed by atoms with van der Waals surface area (Å²) in [5, 5.41) is 19.0. The summed E-state index contributed by atoms with van der Waals surface area (Å²) in [6.45, 7) is 2.44. The molecule has 9 rings (SSSR count). The number of nitrogen functional groups attached to an aromatic ring is 1. The molecule has 0 unspecified atom stereocenters. The Bertz CT molecular complexity index is 2330. The predicted octanol–water partition coefficient (Wildman–Crippen LogP) is 11.4. The van der Waals surface area contributed by atoms with Crippen molar-refractivity contribution in [2.24, 2.45) is 0 Å². The minimum Gasteiger partial charge on any atom is -0.463 e. The number of aromatic nitrogens is 2. The molecule has 0 amide bonds. The molecule has 7 aromatic rings. The number of nitrogens with two attached hydrogens (primary N) is 1. The average molecular weight is 922 g/mol. The molecule has 2 saturated heterocycles. The number of anilines is 1. The van der Waals surface area contributed by atoms with Crippen LogP contribution < -0.4 is 5.73 Å². The first-order valence-corrected chi connectivity index (χ1v) is 20.5. The number of likely N-dealkylation sites (tertiary alicyclic amines) is 2. The van der Waals surface area contributed by atoms with E-state index in [2.05, 4.69) is 88.7 Å². The summed E-state index contributed by atoms with van der Waals surface area (Å²) in [6, 6.07) is 31.3. The summed E-state index contributed by atoms with van der Waals surface area (Å²) in [6.07, 6.45) is 15.5. The Kier molecular flexibility index (Phi) is 18.5. The van der Waals surface area contributed by atoms with E-state index in [0.717, 1.165) is 29.8 Å². The summed E-state index contributed by atoms with van der Waals surface area (Å²) < 4.78 is 10.5. The highest BCUT2D eigenvalue weighted by Gasteiger charge is 2.23. The monoisotopic (exact) mass is 919 g/mol. The summed E-state index contributed by atoms with van der Waals surface area (Å²) in [5.41, 5.74) is 14.8. The van der Waals surface area contributed by atoms with Gasteiger partial charge in [-0.2, -0.15) is 0 Å². The SMILES string of the molecule is Br.CN1CCC[C@@H]1Cc1c[nH]c2ccc(CC(=N)c3ccco3)cc12.CN1CCC[C@@H]1Cc1c[nH]c2ccc(N)cc12.Cl.Cl.N=C(SCc1ccccc1)c1ccco1. The van der Waals surface area contributed by atoms with Gasteiger partial charge in [0, 0.05) is 64.1 Å². The van der Waals surface area contributed by atoms with Crippen molar-refractivity contribution in [2.45, 2.75) is 62.8 Å². The van der Waals surface area contributed by atoms with Crippen molar-refractivity contribution in [1.82, 2.24) is 19.8 Å². The number of halogens is 3. The lowest BCUT2D eigenvalue weighted by Gasteiger charge is -2.18. The Morgan fingerprint density at radius 3 is 1.81 bits per heavy atom. The van der Waals surface area contributed by atoms with Gasteiger partial charge in [0.05, 0.1) is 18.2 Å². The maximum Gasteiger partial charge on any atom is 0.158 e. The molecular weight excluding hydrogens is 865 g/mol. The van der Waals surface area contributed by atoms with Crippen LogP contribution in [0.5, 0.6) is 0 Å². The van der Waals surface area contributed by atoms with Crippen molar-refractivity contribution < 1.29 is 8.83 Å². The lowest BCUT2D eigenvalue weighted by Crippen LogP contribution is -2.26. The van der Waals surface area contributed by atoms with Crippen LogP contribution in [0.25, 0.3) is 21.8 Å². The number of hydrogen-bond acceptors (Lipinski definition) is 8. The van der Waals surface area contributed by atoms with Gasteiger partial charge in [-0.05, 0) is 143 Å². The number of H-pyrrole nitrogens is 2. The van der Waals surface area contributed by atoms with Gasteiger partial charge in [-0.3, -0.25) is 5.41 Å². The fourth-order valence-corrected chi connectivity index (χ4v) is 8.56. The largest absolute Gasteiger partial charge is 0.463 e. The Balaban J connectivity index is 0.000000197. The molecule has 2 fully saturated rings. The number of nitrogens with one attached hydrogen (secondary N) is 4. The van der Waals surface area contributed by atoms with Crippen LogP contribution >= 0.6 is 53.6 Å². The molecular formula is C46H56BrCl2N7O2S. The first-order valence-electron chi connectivity index (χ1n) is 19.6. The topological polar surface area (TPSA) is 138 Å². The number of benzene rings is 3. The molecule has 9 nitrogen and oxygen atoms in total. The molecule has 314 valence electrons. The number of aromatic amines is 2. The van der Waals surface area contributed by atoms with Gasteiger partial charge in [-0.25, -0.2) is 0 Å². The first kappa shape index (κ1) is 47.4. The maximum atomic E-state index is 8.21. The molecule has 0 spiro atoms. The number of likely N-dealkylation sites (N-methyl/N-ethyl adjacent to an activating group) is 2. The van der Waals surface area contributed by atoms with Crippen molar-refractivity contribution in [2.75, 3.05) is 32.9 Å². The van der Waals surface area contributed by atoms with Crippen molar-refractivity contribution in [3.05, 3.63) is 150 Å². The Hall–Kier alpha value is -4.23. The van der Waals surface area contributed by atoms with Crippen LogP contribution in [0.4, 0.5) is 5.69 Å². The first-order chi connectivity index (χ1) is 27.3. The third-order valence-electron chi connectivity index (χ3n) is 11.0. The maximum absolute atomic E-state index is 8.21. The third kappa shape index (κ3) is 12.6. The minimum absolute atomic E-state index is 0. The van der Waals surface area contributed by atoms with E-state index in [-0.39, 0.29) is 41.8 Å². The summed E-state index contributed by atoms with van der Waals surface area (Å²) >= 11 is 1.48. The number of rotatable bonds is 10. The van der Waals surface area contributed by atoms with Gasteiger partial charge in [-0.15, -0.1) is 41.8 Å². The molecule has 0 radical (unpaired) electrons. The zero-order valence-corrected chi connectivity index (χ0v) is 37.8. The van der Waals surface area contributed by atoms with Gasteiger partial charge in [0.2, 0.25) is 0 Å². The van der Waals surface area contributed by atoms with Gasteiger partial charge < -0.3 is 39.7 Å². The molecule has 6 N–H and O–H groups in total. The standard InChI is InChI=1S/C20H23N3O.C14H19N3.C12H11NOS.BrH.2ClH/c1-23-8-2-4-16(23)12-15-13-22-19-7-6-14(10-17(15)19)11-18(21)20-5-3-9-24-20;1-17-6-2-3-12(17)7-10-9-16-14-5-4-11(15)8-13(10)14;13-12(11-7-4-8-14-11)15-9-10-5-2-1-3-6-10;;;/h3,5-7,9-10,13,16,21-22H,2,4,8,11-12H2,1H3;4-5,8-9,12,16H,2-3,6-7,15H2,1H3;1-8,13H,9H2;3*1H/t16-;12-;;;;/m11..../s1. The lowest BCUT2D eigenvalue weighted by molar-refractivity contribution is 0.310. The van der Waals surface area contributed by atoms with Crippen molar-refractivity contribution in [1.29, 1.82) is 10.8 Å². The Morgan fingerprint density at radius 2 is 1.27 bits per heavy atom. The second-order valence-electron chi connectivity index (χ2n) is 15.0. The van der Waals surface area contributed by atoms with E-state index in [1.54, 1.807) is 24.7 Å². The zero-order chi connectivity index (χ0) is 38.9. The Labute approximate surface area is 374 Å². The fraction of sp³-hybridized carbons (Fsp3) is 0.304. The minimum atomic E-state index is 0. The van der Waals surface area contributed by atoms with Gasteiger partial charge >= 0.3 is 0 Å². The van der Waals surface area contributed by atoms with E-state index >= 15 is 0 Å². The Morgan fingerprint density at radius 1 is 0.712 bits per heavy atom. The van der Waals surface area contributed by atoms with Crippen LogP contribution in [0, 0.1) is 10.8 Å². The summed E-state index contributed by atoms with van der Waals surface area (Å²) in [4.78, 5) is 11.7. The van der Waals surface area contributed by atoms with Gasteiger partial charge in [0.15, 0.2) is 5.76 Å². The van der Waals surface area contributed by atoms with Crippen LogP contribution in [-0.2, 0) is 25.0 Å². The number of thioether (sulfide) groups is 1. The number of hydrogen-bond donors (Lipinski definition) is 5.